The fourth-order valence-electron chi connectivity index (χ4n) is 1.62. The van der Waals surface area contributed by atoms with Crippen molar-refractivity contribution in [3.05, 3.63) is 24.5 Å². The Morgan fingerprint density at radius 3 is 2.78 bits per heavy atom. The number of nitrogens with two attached hydrogens (primary N) is 1. The van der Waals surface area contributed by atoms with Crippen LogP contribution in [-0.4, -0.2) is 28.2 Å². The predicted molar refractivity (Wildman–Crippen MR) is 65.0 cm³/mol. The molecule has 7 heteroatoms. The Bertz CT molecular complexity index is 575. The van der Waals surface area contributed by atoms with Crippen molar-refractivity contribution in [1.29, 1.82) is 0 Å². The highest BCUT2D eigenvalue weighted by atomic mass is 16.6. The number of anilines is 3. The number of ether oxygens (including phenoxy) is 2. The monoisotopic (exact) mass is 245 g/mol. The van der Waals surface area contributed by atoms with Crippen LogP contribution >= 0.6 is 0 Å². The van der Waals surface area contributed by atoms with E-state index in [0.29, 0.717) is 24.9 Å². The first-order chi connectivity index (χ1) is 8.81. The van der Waals surface area contributed by atoms with Gasteiger partial charge in [0, 0.05) is 11.8 Å². The van der Waals surface area contributed by atoms with Gasteiger partial charge in [-0.1, -0.05) is 0 Å². The molecule has 0 radical (unpaired) electrons. The summed E-state index contributed by atoms with van der Waals surface area (Å²) in [4.78, 5) is 11.6. The van der Waals surface area contributed by atoms with Gasteiger partial charge < -0.3 is 20.5 Å². The molecule has 0 bridgehead atoms. The average Bonchev–Trinajstić information content (AvgIpc) is 2.39. The minimum absolute atomic E-state index is 0.171. The molecular formula is C11H11N5O2. The zero-order valence-corrected chi connectivity index (χ0v) is 9.46. The van der Waals surface area contributed by atoms with Crippen LogP contribution in [0, 0.1) is 0 Å². The van der Waals surface area contributed by atoms with Crippen LogP contribution < -0.4 is 20.5 Å². The highest BCUT2D eigenvalue weighted by Gasteiger charge is 2.12. The maximum atomic E-state index is 5.48. The Labute approximate surface area is 103 Å². The molecule has 0 unspecified atom stereocenters. The molecule has 2 heterocycles. The Balaban J connectivity index is 1.85. The lowest BCUT2D eigenvalue weighted by molar-refractivity contribution is 0.171. The lowest BCUT2D eigenvalue weighted by Gasteiger charge is -2.18. The molecule has 3 rings (SSSR count). The molecule has 1 aliphatic rings. The van der Waals surface area contributed by atoms with Gasteiger partial charge in [-0.05, 0) is 12.1 Å². The number of hydrogen-bond acceptors (Lipinski definition) is 7. The minimum atomic E-state index is 0.171. The van der Waals surface area contributed by atoms with Crippen molar-refractivity contribution in [3.8, 4) is 11.5 Å². The third kappa shape index (κ3) is 2.10. The molecule has 1 aromatic heterocycles. The Morgan fingerprint density at radius 1 is 1.11 bits per heavy atom. The number of hydrogen-bond donors (Lipinski definition) is 2. The molecule has 2 aromatic rings. The van der Waals surface area contributed by atoms with Crippen LogP contribution in [0.3, 0.4) is 0 Å². The number of nitrogen functional groups attached to an aromatic ring is 1. The minimum Gasteiger partial charge on any atom is -0.486 e. The van der Waals surface area contributed by atoms with Gasteiger partial charge in [-0.15, -0.1) is 0 Å². The second kappa shape index (κ2) is 4.36. The maximum Gasteiger partial charge on any atom is 0.231 e. The molecule has 7 nitrogen and oxygen atoms in total. The first kappa shape index (κ1) is 10.6. The summed E-state index contributed by atoms with van der Waals surface area (Å²) in [6, 6.07) is 5.52. The Kier molecular flexibility index (Phi) is 2.56. The van der Waals surface area contributed by atoms with Crippen molar-refractivity contribution in [2.45, 2.75) is 0 Å². The van der Waals surface area contributed by atoms with Crippen molar-refractivity contribution in [2.24, 2.45) is 0 Å². The number of nitrogens with zero attached hydrogens (tertiary/aromatic N) is 3. The zero-order valence-electron chi connectivity index (χ0n) is 9.46. The van der Waals surface area contributed by atoms with Crippen LogP contribution in [0.15, 0.2) is 24.5 Å². The summed E-state index contributed by atoms with van der Waals surface area (Å²) in [5.74, 6) is 2.00. The Morgan fingerprint density at radius 2 is 1.94 bits per heavy atom. The van der Waals surface area contributed by atoms with E-state index in [1.165, 1.54) is 6.33 Å². The number of fused-ring (bicyclic) bond motifs is 1. The summed E-state index contributed by atoms with van der Waals surface area (Å²) >= 11 is 0. The molecule has 1 aliphatic heterocycles. The molecular weight excluding hydrogens is 234 g/mol. The normalized spacial score (nSPS) is 13.1. The fraction of sp³-hybridized carbons (Fsp3) is 0.182. The topological polar surface area (TPSA) is 95.2 Å². The molecule has 0 fully saturated rings. The van der Waals surface area contributed by atoms with Crippen LogP contribution in [0.4, 0.5) is 17.6 Å². The molecule has 0 amide bonds. The van der Waals surface area contributed by atoms with Gasteiger partial charge in [0.05, 0.1) is 0 Å². The summed E-state index contributed by atoms with van der Waals surface area (Å²) in [6.07, 6.45) is 1.35. The van der Waals surface area contributed by atoms with Gasteiger partial charge in [-0.2, -0.15) is 4.98 Å². The molecule has 1 aromatic carbocycles. The molecule has 18 heavy (non-hydrogen) atoms. The van der Waals surface area contributed by atoms with Gasteiger partial charge in [0.25, 0.3) is 0 Å². The first-order valence-electron chi connectivity index (χ1n) is 5.42. The average molecular weight is 245 g/mol. The molecule has 92 valence electrons. The lowest BCUT2D eigenvalue weighted by atomic mass is 10.2. The third-order valence-corrected chi connectivity index (χ3v) is 2.39. The Hall–Kier alpha value is -2.57. The van der Waals surface area contributed by atoms with Crippen molar-refractivity contribution >= 4 is 17.6 Å². The molecule has 3 N–H and O–H groups in total. The highest BCUT2D eigenvalue weighted by Crippen LogP contribution is 2.33. The van der Waals surface area contributed by atoms with Gasteiger partial charge >= 0.3 is 0 Å². The fourth-order valence-corrected chi connectivity index (χ4v) is 1.62. The zero-order chi connectivity index (χ0) is 12.4. The summed E-state index contributed by atoms with van der Waals surface area (Å²) in [6.45, 7) is 1.12. The first-order valence-corrected chi connectivity index (χ1v) is 5.42. The van der Waals surface area contributed by atoms with Gasteiger partial charge in [0.2, 0.25) is 11.9 Å². The number of benzene rings is 1. The van der Waals surface area contributed by atoms with Crippen molar-refractivity contribution in [2.75, 3.05) is 24.3 Å². The van der Waals surface area contributed by atoms with E-state index in [2.05, 4.69) is 20.3 Å². The summed E-state index contributed by atoms with van der Waals surface area (Å²) in [5.41, 5.74) is 6.27. The highest BCUT2D eigenvalue weighted by molar-refractivity contribution is 5.60. The standard InChI is InChI=1S/C11H11N5O2/c12-10-13-6-14-11(16-10)15-7-1-2-8-9(5-7)18-4-3-17-8/h1-2,5-6H,3-4H2,(H3,12,13,14,15,16). The van der Waals surface area contributed by atoms with E-state index in [0.717, 1.165) is 11.4 Å². The smallest absolute Gasteiger partial charge is 0.231 e. The van der Waals surface area contributed by atoms with E-state index >= 15 is 0 Å². The van der Waals surface area contributed by atoms with Crippen LogP contribution in [0.1, 0.15) is 0 Å². The SMILES string of the molecule is Nc1ncnc(Nc2ccc3c(c2)OCCO3)n1. The summed E-state index contributed by atoms with van der Waals surface area (Å²) < 4.78 is 10.9. The predicted octanol–water partition coefficient (Wildman–Crippen LogP) is 0.969. The number of nitrogens with one attached hydrogen (secondary N) is 1. The summed E-state index contributed by atoms with van der Waals surface area (Å²) in [5, 5.41) is 3.02. The second-order valence-electron chi connectivity index (χ2n) is 3.65. The van der Waals surface area contributed by atoms with Crippen LogP contribution in [0.25, 0.3) is 0 Å². The van der Waals surface area contributed by atoms with Crippen LogP contribution in [0.5, 0.6) is 11.5 Å². The van der Waals surface area contributed by atoms with Crippen LogP contribution in [0.2, 0.25) is 0 Å². The molecule has 0 atom stereocenters. The summed E-state index contributed by atoms with van der Waals surface area (Å²) in [7, 11) is 0. The number of aromatic nitrogens is 3. The van der Waals surface area contributed by atoms with Gasteiger partial charge in [0.1, 0.15) is 19.5 Å². The van der Waals surface area contributed by atoms with Gasteiger partial charge in [-0.25, -0.2) is 9.97 Å². The van der Waals surface area contributed by atoms with E-state index in [4.69, 9.17) is 15.2 Å². The van der Waals surface area contributed by atoms with Crippen molar-refractivity contribution in [3.63, 3.8) is 0 Å². The second-order valence-corrected chi connectivity index (χ2v) is 3.65. The van der Waals surface area contributed by atoms with E-state index in [1.54, 1.807) is 0 Å². The molecule has 0 spiro atoms. The molecule has 0 saturated heterocycles. The van der Waals surface area contributed by atoms with E-state index in [-0.39, 0.29) is 5.95 Å². The quantitative estimate of drug-likeness (QED) is 0.813. The lowest BCUT2D eigenvalue weighted by Crippen LogP contribution is -2.15. The third-order valence-electron chi connectivity index (χ3n) is 2.39. The largest absolute Gasteiger partial charge is 0.486 e. The van der Waals surface area contributed by atoms with Gasteiger partial charge in [-0.3, -0.25) is 0 Å². The molecule has 0 saturated carbocycles. The molecule has 0 aliphatic carbocycles. The maximum absolute atomic E-state index is 5.48. The van der Waals surface area contributed by atoms with Crippen LogP contribution in [-0.2, 0) is 0 Å². The van der Waals surface area contributed by atoms with Crippen molar-refractivity contribution < 1.29 is 9.47 Å². The van der Waals surface area contributed by atoms with E-state index in [9.17, 15) is 0 Å². The van der Waals surface area contributed by atoms with E-state index < -0.39 is 0 Å². The van der Waals surface area contributed by atoms with E-state index in [1.807, 2.05) is 18.2 Å². The van der Waals surface area contributed by atoms with Gasteiger partial charge in [0.15, 0.2) is 11.5 Å². The van der Waals surface area contributed by atoms with Crippen molar-refractivity contribution in [1.82, 2.24) is 15.0 Å². The number of rotatable bonds is 2.